The van der Waals surface area contributed by atoms with Gasteiger partial charge in [-0.2, -0.15) is 0 Å². The van der Waals surface area contributed by atoms with Crippen molar-refractivity contribution in [3.63, 3.8) is 0 Å². The van der Waals surface area contributed by atoms with Crippen LogP contribution in [0.2, 0.25) is 5.02 Å². The number of piperazine rings is 1. The van der Waals surface area contributed by atoms with Gasteiger partial charge in [0.25, 0.3) is 0 Å². The molecule has 1 N–H and O–H groups in total. The fourth-order valence-electron chi connectivity index (χ4n) is 3.39. The highest BCUT2D eigenvalue weighted by Crippen LogP contribution is 2.20. The van der Waals surface area contributed by atoms with E-state index in [0.717, 1.165) is 54.3 Å². The third-order valence-corrected chi connectivity index (χ3v) is 5.44. The molecule has 2 aromatic carbocycles. The molecule has 0 atom stereocenters. The third kappa shape index (κ3) is 5.02. The Kier molecular flexibility index (Phi) is 5.92. The Morgan fingerprint density at radius 2 is 1.86 bits per heavy atom. The van der Waals surface area contributed by atoms with Gasteiger partial charge in [0.1, 0.15) is 0 Å². The first-order chi connectivity index (χ1) is 14.1. The van der Waals surface area contributed by atoms with Gasteiger partial charge < -0.3 is 15.1 Å². The monoisotopic (exact) mass is 409 g/mol. The van der Waals surface area contributed by atoms with Crippen LogP contribution in [0.15, 0.2) is 48.7 Å². The Morgan fingerprint density at radius 1 is 1.10 bits per heavy atom. The summed E-state index contributed by atoms with van der Waals surface area (Å²) in [6.45, 7) is 3.90. The van der Waals surface area contributed by atoms with Crippen molar-refractivity contribution in [2.45, 2.75) is 12.8 Å². The smallest absolute Gasteiger partial charge is 0.225 e. The second-order valence-corrected chi connectivity index (χ2v) is 7.84. The number of nitrogens with zero attached hydrogens (tertiary/aromatic N) is 4. The second-order valence-electron chi connectivity index (χ2n) is 7.41. The number of rotatable bonds is 5. The maximum Gasteiger partial charge on any atom is 0.225 e. The van der Waals surface area contributed by atoms with Crippen molar-refractivity contribution in [1.82, 2.24) is 14.9 Å². The van der Waals surface area contributed by atoms with Gasteiger partial charge >= 0.3 is 0 Å². The van der Waals surface area contributed by atoms with Crippen molar-refractivity contribution >= 4 is 40.0 Å². The van der Waals surface area contributed by atoms with Crippen LogP contribution in [0.5, 0.6) is 0 Å². The molecule has 0 spiro atoms. The lowest BCUT2D eigenvalue weighted by Crippen LogP contribution is -2.45. The summed E-state index contributed by atoms with van der Waals surface area (Å²) in [6, 6.07) is 13.3. The van der Waals surface area contributed by atoms with Gasteiger partial charge in [-0.25, -0.2) is 9.97 Å². The number of likely N-dealkylation sites (N-methyl/N-ethyl adjacent to an activating group) is 1. The number of hydrogen-bond acceptors (Lipinski definition) is 5. The van der Waals surface area contributed by atoms with E-state index in [1.165, 1.54) is 0 Å². The van der Waals surface area contributed by atoms with Gasteiger partial charge in [0.2, 0.25) is 11.9 Å². The molecular formula is C22H24ClN5O. The van der Waals surface area contributed by atoms with Crippen LogP contribution in [0.25, 0.3) is 10.9 Å². The third-order valence-electron chi connectivity index (χ3n) is 5.19. The van der Waals surface area contributed by atoms with Gasteiger partial charge in [0.05, 0.1) is 5.52 Å². The van der Waals surface area contributed by atoms with Crippen molar-refractivity contribution in [2.24, 2.45) is 0 Å². The van der Waals surface area contributed by atoms with Gasteiger partial charge in [-0.05, 0) is 49.4 Å². The minimum Gasteiger partial charge on any atom is -0.338 e. The molecule has 4 rings (SSSR count). The van der Waals surface area contributed by atoms with Crippen molar-refractivity contribution in [1.29, 1.82) is 0 Å². The number of nitrogens with one attached hydrogen (secondary N) is 1. The lowest BCUT2D eigenvalue weighted by Gasteiger charge is -2.32. The summed E-state index contributed by atoms with van der Waals surface area (Å²) in [5.41, 5.74) is 2.73. The summed E-state index contributed by atoms with van der Waals surface area (Å²) in [6.07, 6.45) is 2.92. The molecule has 1 saturated heterocycles. The molecule has 2 heterocycles. The number of aromatic nitrogens is 2. The summed E-state index contributed by atoms with van der Waals surface area (Å²) in [7, 11) is 2.13. The number of aryl methyl sites for hydroxylation is 1. The van der Waals surface area contributed by atoms with E-state index in [9.17, 15) is 4.79 Å². The SMILES string of the molecule is CN1CCN(c2ncc3cc(NC(=O)CCc4ccc(Cl)cc4)ccc3n2)CC1. The quantitative estimate of drug-likeness (QED) is 0.697. The van der Waals surface area contributed by atoms with Crippen LogP contribution in [0.1, 0.15) is 12.0 Å². The molecule has 0 radical (unpaired) electrons. The highest BCUT2D eigenvalue weighted by Gasteiger charge is 2.16. The predicted molar refractivity (Wildman–Crippen MR) is 118 cm³/mol. The molecule has 1 amide bonds. The van der Waals surface area contributed by atoms with Crippen molar-refractivity contribution in [2.75, 3.05) is 43.4 Å². The van der Waals surface area contributed by atoms with Crippen LogP contribution in [-0.2, 0) is 11.2 Å². The summed E-state index contributed by atoms with van der Waals surface area (Å²) in [4.78, 5) is 26.0. The van der Waals surface area contributed by atoms with Gasteiger partial charge in [-0.1, -0.05) is 23.7 Å². The first kappa shape index (κ1) is 19.6. The normalized spacial score (nSPS) is 14.9. The molecule has 7 heteroatoms. The van der Waals surface area contributed by atoms with Crippen LogP contribution in [0, 0.1) is 0 Å². The Labute approximate surface area is 175 Å². The zero-order valence-electron chi connectivity index (χ0n) is 16.4. The zero-order valence-corrected chi connectivity index (χ0v) is 17.2. The van der Waals surface area contributed by atoms with Gasteiger partial charge in [-0.3, -0.25) is 4.79 Å². The van der Waals surface area contributed by atoms with E-state index in [4.69, 9.17) is 16.6 Å². The highest BCUT2D eigenvalue weighted by atomic mass is 35.5. The Hall–Kier alpha value is -2.70. The van der Waals surface area contributed by atoms with Crippen LogP contribution in [0.3, 0.4) is 0 Å². The maximum absolute atomic E-state index is 12.3. The lowest BCUT2D eigenvalue weighted by atomic mass is 10.1. The van der Waals surface area contributed by atoms with Gasteiger partial charge in [0.15, 0.2) is 0 Å². The Morgan fingerprint density at radius 3 is 2.62 bits per heavy atom. The first-order valence-corrected chi connectivity index (χ1v) is 10.2. The van der Waals surface area contributed by atoms with Crippen LogP contribution in [-0.4, -0.2) is 54.0 Å². The number of carbonyl (C=O) groups excluding carboxylic acids is 1. The molecule has 1 fully saturated rings. The minimum atomic E-state index is -0.0192. The number of carbonyl (C=O) groups is 1. The fourth-order valence-corrected chi connectivity index (χ4v) is 3.52. The summed E-state index contributed by atoms with van der Waals surface area (Å²) in [5.74, 6) is 0.750. The van der Waals surface area contributed by atoms with Crippen molar-refractivity contribution in [3.8, 4) is 0 Å². The maximum atomic E-state index is 12.3. The zero-order chi connectivity index (χ0) is 20.2. The van der Waals surface area contributed by atoms with E-state index in [-0.39, 0.29) is 5.91 Å². The Bertz CT molecular complexity index is 1000. The second kappa shape index (κ2) is 8.76. The molecule has 29 heavy (non-hydrogen) atoms. The molecule has 0 aliphatic carbocycles. The van der Waals surface area contributed by atoms with Gasteiger partial charge in [-0.15, -0.1) is 0 Å². The van der Waals surface area contributed by atoms with E-state index >= 15 is 0 Å². The fraction of sp³-hybridized carbons (Fsp3) is 0.318. The number of halogens is 1. The summed E-state index contributed by atoms with van der Waals surface area (Å²) < 4.78 is 0. The van der Waals surface area contributed by atoms with Crippen LogP contribution < -0.4 is 10.2 Å². The van der Waals surface area contributed by atoms with Crippen LogP contribution >= 0.6 is 11.6 Å². The van der Waals surface area contributed by atoms with E-state index in [1.807, 2.05) is 48.7 Å². The molecule has 0 saturated carbocycles. The molecule has 6 nitrogen and oxygen atoms in total. The van der Waals surface area contributed by atoms with Crippen LogP contribution in [0.4, 0.5) is 11.6 Å². The molecular weight excluding hydrogens is 386 g/mol. The minimum absolute atomic E-state index is 0.0192. The largest absolute Gasteiger partial charge is 0.338 e. The molecule has 3 aromatic rings. The lowest BCUT2D eigenvalue weighted by molar-refractivity contribution is -0.116. The number of benzene rings is 2. The summed E-state index contributed by atoms with van der Waals surface area (Å²) in [5, 5.41) is 4.58. The van der Waals surface area contributed by atoms with E-state index in [1.54, 1.807) is 0 Å². The average molecular weight is 410 g/mol. The predicted octanol–water partition coefficient (Wildman–Crippen LogP) is 3.61. The molecule has 1 aliphatic rings. The first-order valence-electron chi connectivity index (χ1n) is 9.81. The van der Waals surface area contributed by atoms with E-state index in [2.05, 4.69) is 27.1 Å². The molecule has 1 aliphatic heterocycles. The average Bonchev–Trinajstić information content (AvgIpc) is 2.73. The highest BCUT2D eigenvalue weighted by molar-refractivity contribution is 6.30. The van der Waals surface area contributed by atoms with E-state index in [0.29, 0.717) is 17.9 Å². The topological polar surface area (TPSA) is 61.4 Å². The summed E-state index contributed by atoms with van der Waals surface area (Å²) >= 11 is 5.89. The Balaban J connectivity index is 1.38. The molecule has 0 unspecified atom stereocenters. The molecule has 150 valence electrons. The van der Waals surface area contributed by atoms with Crippen molar-refractivity contribution in [3.05, 3.63) is 59.2 Å². The van der Waals surface area contributed by atoms with Gasteiger partial charge in [0, 0.05) is 54.9 Å². The number of anilines is 2. The van der Waals surface area contributed by atoms with E-state index < -0.39 is 0 Å². The van der Waals surface area contributed by atoms with Crippen molar-refractivity contribution < 1.29 is 4.79 Å². The standard InChI is InChI=1S/C22H24ClN5O/c1-27-10-12-28(13-11-27)22-24-15-17-14-19(7-8-20(17)26-22)25-21(29)9-4-16-2-5-18(23)6-3-16/h2-3,5-8,14-15H,4,9-13H2,1H3,(H,25,29). The molecule has 0 bridgehead atoms. The number of fused-ring (bicyclic) bond motifs is 1. The number of hydrogen-bond donors (Lipinski definition) is 1. The molecule has 1 aromatic heterocycles. The number of amides is 1.